The molecule has 7 nitrogen and oxygen atoms in total. The molecule has 1 N–H and O–H groups in total. The number of thioether (sulfide) groups is 1. The first-order valence-corrected chi connectivity index (χ1v) is 15.4. The molecular weight excluding hydrogens is 556 g/mol. The average molecular weight is 598 g/mol. The average Bonchev–Trinajstić information content (AvgIpc) is 3.47. The Morgan fingerprint density at radius 1 is 1.27 bits per heavy atom. The smallest absolute Gasteiger partial charge is 0.311 e. The van der Waals surface area contributed by atoms with E-state index < -0.39 is 34.6 Å². The number of nitrogens with zero attached hydrogens (tertiary/aromatic N) is 2. The van der Waals surface area contributed by atoms with Crippen LogP contribution in [0.25, 0.3) is 0 Å². The maximum absolute atomic E-state index is 14.6. The van der Waals surface area contributed by atoms with Crippen LogP contribution >= 0.6 is 27.7 Å². The summed E-state index contributed by atoms with van der Waals surface area (Å²) >= 11 is 5.40. The maximum atomic E-state index is 14.6. The van der Waals surface area contributed by atoms with Gasteiger partial charge in [-0.05, 0) is 31.6 Å². The highest BCUT2D eigenvalue weighted by Crippen LogP contribution is 2.68. The Hall–Kier alpha value is -1.32. The van der Waals surface area contributed by atoms with Gasteiger partial charge in [0.2, 0.25) is 11.8 Å². The molecule has 4 rings (SSSR count). The van der Waals surface area contributed by atoms with E-state index in [1.807, 2.05) is 4.90 Å². The second-order valence-electron chi connectivity index (χ2n) is 11.4. The number of hydrogen-bond donors (Lipinski definition) is 1. The van der Waals surface area contributed by atoms with Crippen molar-refractivity contribution in [3.8, 4) is 0 Å². The minimum absolute atomic E-state index is 0.0155. The molecule has 3 saturated heterocycles. The van der Waals surface area contributed by atoms with Crippen LogP contribution in [0, 0.1) is 17.8 Å². The SMILES string of the molecule is C=CCOC(=O)[C@H]1[C@H]2C(=O)N([C@@H](CO)CC(C)C)C(C(=O)N(CC=C)C3CCCCC3)C23CC(Br)[C@@H]1S3. The van der Waals surface area contributed by atoms with Crippen LogP contribution in [0.2, 0.25) is 0 Å². The Balaban J connectivity index is 1.79. The summed E-state index contributed by atoms with van der Waals surface area (Å²) in [4.78, 5) is 45.8. The molecule has 0 aromatic heterocycles. The van der Waals surface area contributed by atoms with E-state index in [2.05, 4.69) is 42.9 Å². The molecule has 206 valence electrons. The van der Waals surface area contributed by atoms with Gasteiger partial charge in [-0.2, -0.15) is 0 Å². The standard InChI is InChI=1S/C28H41BrN2O5S/c1-5-12-30(18-10-8-7-9-11-18)26(34)24-28-15-20(29)23(37-28)21(27(35)36-13-6-2)22(28)25(33)31(24)19(16-32)14-17(3)4/h5-6,17-24,32H,1-2,7-16H2,3-4H3/t19-,20?,21+,22+,23+,24?,28?/m1/s1. The highest BCUT2D eigenvalue weighted by Gasteiger charge is 2.76. The fourth-order valence-corrected chi connectivity index (χ4v) is 10.8. The number of carbonyl (C=O) groups excluding carboxylic acids is 3. The minimum atomic E-state index is -0.747. The first-order valence-electron chi connectivity index (χ1n) is 13.7. The lowest BCUT2D eigenvalue weighted by molar-refractivity contribution is -0.153. The summed E-state index contributed by atoms with van der Waals surface area (Å²) < 4.78 is 4.73. The number of aliphatic hydroxyl groups excluding tert-OH is 1. The first kappa shape index (κ1) is 28.7. The van der Waals surface area contributed by atoms with Gasteiger partial charge >= 0.3 is 5.97 Å². The third kappa shape index (κ3) is 5.05. The van der Waals surface area contributed by atoms with Crippen molar-refractivity contribution in [2.24, 2.45) is 17.8 Å². The molecule has 1 saturated carbocycles. The van der Waals surface area contributed by atoms with Crippen LogP contribution < -0.4 is 0 Å². The summed E-state index contributed by atoms with van der Waals surface area (Å²) in [7, 11) is 0. The summed E-state index contributed by atoms with van der Waals surface area (Å²) in [6.07, 6.45) is 9.71. The quantitative estimate of drug-likeness (QED) is 0.221. The van der Waals surface area contributed by atoms with E-state index in [0.717, 1.165) is 25.7 Å². The van der Waals surface area contributed by atoms with Gasteiger partial charge in [-0.1, -0.05) is 67.8 Å². The zero-order chi connectivity index (χ0) is 26.9. The molecule has 0 radical (unpaired) electrons. The summed E-state index contributed by atoms with van der Waals surface area (Å²) in [6, 6.07) is -1.12. The number of rotatable bonds is 11. The maximum Gasteiger partial charge on any atom is 0.311 e. The predicted molar refractivity (Wildman–Crippen MR) is 149 cm³/mol. The third-order valence-corrected chi connectivity index (χ3v) is 11.8. The van der Waals surface area contributed by atoms with Crippen molar-refractivity contribution in [3.63, 3.8) is 0 Å². The minimum Gasteiger partial charge on any atom is -0.461 e. The molecule has 2 bridgehead atoms. The number of aliphatic hydroxyl groups is 1. The first-order chi connectivity index (χ1) is 17.7. The third-order valence-electron chi connectivity index (χ3n) is 8.55. The monoisotopic (exact) mass is 596 g/mol. The van der Waals surface area contributed by atoms with E-state index in [4.69, 9.17) is 4.74 Å². The number of carbonyl (C=O) groups is 3. The molecule has 9 heteroatoms. The van der Waals surface area contributed by atoms with Crippen molar-refractivity contribution in [3.05, 3.63) is 25.3 Å². The Labute approximate surface area is 233 Å². The van der Waals surface area contributed by atoms with E-state index in [0.29, 0.717) is 19.4 Å². The van der Waals surface area contributed by atoms with Crippen molar-refractivity contribution in [1.82, 2.24) is 9.80 Å². The zero-order valence-corrected chi connectivity index (χ0v) is 24.4. The van der Waals surface area contributed by atoms with E-state index in [1.54, 1.807) is 22.7 Å². The topological polar surface area (TPSA) is 87.1 Å². The number of halogens is 1. The highest BCUT2D eigenvalue weighted by atomic mass is 79.9. The summed E-state index contributed by atoms with van der Waals surface area (Å²) in [5.41, 5.74) is 0. The predicted octanol–water partition coefficient (Wildman–Crippen LogP) is 3.93. The number of amides is 2. The lowest BCUT2D eigenvalue weighted by atomic mass is 9.71. The number of likely N-dealkylation sites (tertiary alicyclic amines) is 1. The van der Waals surface area contributed by atoms with Crippen LogP contribution in [-0.4, -0.2) is 85.4 Å². The Morgan fingerprint density at radius 2 is 1.97 bits per heavy atom. The van der Waals surface area contributed by atoms with Crippen LogP contribution in [0.1, 0.15) is 58.8 Å². The molecule has 0 aromatic rings. The van der Waals surface area contributed by atoms with E-state index in [-0.39, 0.29) is 47.1 Å². The van der Waals surface area contributed by atoms with Gasteiger partial charge in [-0.3, -0.25) is 14.4 Å². The number of alkyl halides is 1. The molecule has 2 amide bonds. The van der Waals surface area contributed by atoms with Crippen molar-refractivity contribution in [2.75, 3.05) is 19.8 Å². The van der Waals surface area contributed by atoms with E-state index >= 15 is 0 Å². The molecule has 1 aliphatic carbocycles. The van der Waals surface area contributed by atoms with Gasteiger partial charge in [0.05, 0.1) is 29.2 Å². The molecular formula is C28H41BrN2O5S. The van der Waals surface area contributed by atoms with Gasteiger partial charge in [0, 0.05) is 22.7 Å². The molecule has 1 spiro atoms. The van der Waals surface area contributed by atoms with Crippen molar-refractivity contribution < 1.29 is 24.2 Å². The fraction of sp³-hybridized carbons (Fsp3) is 0.750. The Bertz CT molecular complexity index is 909. The van der Waals surface area contributed by atoms with Crippen molar-refractivity contribution in [2.45, 2.75) is 91.7 Å². The summed E-state index contributed by atoms with van der Waals surface area (Å²) in [5.74, 6) is -1.75. The van der Waals surface area contributed by atoms with Crippen LogP contribution in [0.5, 0.6) is 0 Å². The summed E-state index contributed by atoms with van der Waals surface area (Å²) in [6.45, 7) is 11.9. The van der Waals surface area contributed by atoms with Gasteiger partial charge < -0.3 is 19.6 Å². The number of ether oxygens (including phenoxy) is 1. The molecule has 4 aliphatic rings. The molecule has 37 heavy (non-hydrogen) atoms. The zero-order valence-electron chi connectivity index (χ0n) is 22.0. The molecule has 7 atom stereocenters. The Morgan fingerprint density at radius 3 is 2.57 bits per heavy atom. The van der Waals surface area contributed by atoms with Crippen LogP contribution in [0.3, 0.4) is 0 Å². The van der Waals surface area contributed by atoms with Crippen molar-refractivity contribution in [1.29, 1.82) is 0 Å². The van der Waals surface area contributed by atoms with Gasteiger partial charge in [0.25, 0.3) is 0 Å². The summed E-state index contributed by atoms with van der Waals surface area (Å²) in [5, 5.41) is 10.3. The van der Waals surface area contributed by atoms with E-state index in [9.17, 15) is 19.5 Å². The molecule has 3 unspecified atom stereocenters. The van der Waals surface area contributed by atoms with Gasteiger partial charge in [0.15, 0.2) is 0 Å². The second kappa shape index (κ2) is 11.8. The van der Waals surface area contributed by atoms with E-state index in [1.165, 1.54) is 12.5 Å². The number of hydrogen-bond acceptors (Lipinski definition) is 6. The number of fused-ring (bicyclic) bond motifs is 1. The molecule has 0 aromatic carbocycles. The van der Waals surface area contributed by atoms with Gasteiger partial charge in [0.1, 0.15) is 12.6 Å². The van der Waals surface area contributed by atoms with Crippen LogP contribution in [0.4, 0.5) is 0 Å². The molecule has 4 fully saturated rings. The second-order valence-corrected chi connectivity index (χ2v) is 14.1. The largest absolute Gasteiger partial charge is 0.461 e. The highest BCUT2D eigenvalue weighted by molar-refractivity contribution is 9.09. The van der Waals surface area contributed by atoms with Crippen molar-refractivity contribution >= 4 is 45.5 Å². The van der Waals surface area contributed by atoms with Crippen LogP contribution in [0.15, 0.2) is 25.3 Å². The molecule has 3 heterocycles. The van der Waals surface area contributed by atoms with Gasteiger partial charge in [-0.15, -0.1) is 18.3 Å². The normalized spacial score (nSPS) is 33.9. The number of esters is 1. The lowest BCUT2D eigenvalue weighted by Crippen LogP contribution is -2.59. The molecule has 3 aliphatic heterocycles. The lowest BCUT2D eigenvalue weighted by Gasteiger charge is -2.43. The fourth-order valence-electron chi connectivity index (χ4n) is 7.17. The Kier molecular flexibility index (Phi) is 9.17. The van der Waals surface area contributed by atoms with Gasteiger partial charge in [-0.25, -0.2) is 0 Å². The van der Waals surface area contributed by atoms with Crippen LogP contribution in [-0.2, 0) is 19.1 Å².